The largest absolute Gasteiger partial charge is 0.508 e. The number of nitrogens with zero attached hydrogens (tertiary/aromatic N) is 4. The van der Waals surface area contributed by atoms with Gasteiger partial charge in [0.15, 0.2) is 0 Å². The van der Waals surface area contributed by atoms with Crippen molar-refractivity contribution < 1.29 is 10.2 Å². The summed E-state index contributed by atoms with van der Waals surface area (Å²) in [5.74, 6) is 1.15. The quantitative estimate of drug-likeness (QED) is 0.596. The highest BCUT2D eigenvalue weighted by Gasteiger charge is 2.63. The lowest BCUT2D eigenvalue weighted by Gasteiger charge is -2.61. The van der Waals surface area contributed by atoms with Crippen LogP contribution in [-0.4, -0.2) is 74.0 Å². The van der Waals surface area contributed by atoms with Gasteiger partial charge in [-0.15, -0.1) is 0 Å². The molecule has 1 saturated carbocycles. The Kier molecular flexibility index (Phi) is 5.02. The zero-order chi connectivity index (χ0) is 23.6. The van der Waals surface area contributed by atoms with Crippen LogP contribution in [0.4, 0.5) is 0 Å². The van der Waals surface area contributed by atoms with Crippen molar-refractivity contribution in [2.75, 3.05) is 32.7 Å². The molecule has 6 nitrogen and oxygen atoms in total. The molecule has 3 fully saturated rings. The van der Waals surface area contributed by atoms with Gasteiger partial charge in [-0.25, -0.2) is 4.52 Å². The van der Waals surface area contributed by atoms with E-state index in [9.17, 15) is 10.2 Å². The number of hydrogen-bond donors (Lipinski definition) is 2. The highest BCUT2D eigenvalue weighted by Crippen LogP contribution is 2.56. The highest BCUT2D eigenvalue weighted by molar-refractivity contribution is 5.48. The van der Waals surface area contributed by atoms with Crippen LogP contribution >= 0.6 is 0 Å². The van der Waals surface area contributed by atoms with E-state index in [2.05, 4.69) is 34.1 Å². The fraction of sp³-hybridized carbons (Fsp3) is 0.552. The van der Waals surface area contributed by atoms with Gasteiger partial charge in [-0.05, 0) is 99.0 Å². The molecular formula is C29H36N4O2. The number of rotatable bonds is 5. The number of hydrogen-bond acceptors (Lipinski definition) is 5. The van der Waals surface area contributed by atoms with Crippen molar-refractivity contribution in [3.63, 3.8) is 0 Å². The van der Waals surface area contributed by atoms with E-state index < -0.39 is 5.60 Å². The standard InChI is InChI=1S/C29H36N4O2/c34-25-7-6-22-17-27-29(35)11-15-31(13-8-23-18-24-3-1-2-12-33(24)30-23)14-9-28(29,26(22)19-25)10-16-32(27)20-21-4-5-21/h1-3,6-7,12,18-19,21,27,34-35H,4-5,8-11,13-17,20H2/t27-,28+,29-/m1/s1. The van der Waals surface area contributed by atoms with Gasteiger partial charge in [0.05, 0.1) is 16.8 Å². The summed E-state index contributed by atoms with van der Waals surface area (Å²) in [6, 6.07) is 14.4. The number of pyridine rings is 1. The number of phenols is 1. The summed E-state index contributed by atoms with van der Waals surface area (Å²) in [6.45, 7) is 5.03. The summed E-state index contributed by atoms with van der Waals surface area (Å²) < 4.78 is 1.95. The van der Waals surface area contributed by atoms with Gasteiger partial charge in [0.25, 0.3) is 0 Å². The maximum atomic E-state index is 12.6. The lowest BCUT2D eigenvalue weighted by Crippen LogP contribution is -2.71. The van der Waals surface area contributed by atoms with Gasteiger partial charge in [0.2, 0.25) is 0 Å². The van der Waals surface area contributed by atoms with Crippen molar-refractivity contribution in [2.24, 2.45) is 5.92 Å². The normalized spacial score (nSPS) is 31.2. The number of aliphatic hydroxyl groups is 1. The number of benzene rings is 1. The van der Waals surface area contributed by atoms with Gasteiger partial charge in [-0.3, -0.25) is 4.90 Å². The van der Waals surface area contributed by atoms with Crippen LogP contribution in [0.3, 0.4) is 0 Å². The second-order valence-electron chi connectivity index (χ2n) is 11.6. The first-order valence-corrected chi connectivity index (χ1v) is 13.5. The first kappa shape index (κ1) is 21.8. The molecule has 0 spiro atoms. The van der Waals surface area contributed by atoms with E-state index in [1.54, 1.807) is 0 Å². The second kappa shape index (κ2) is 8.05. The molecule has 2 bridgehead atoms. The molecule has 0 radical (unpaired) electrons. The summed E-state index contributed by atoms with van der Waals surface area (Å²) in [7, 11) is 0. The van der Waals surface area contributed by atoms with E-state index in [0.717, 1.165) is 82.0 Å². The minimum Gasteiger partial charge on any atom is -0.508 e. The average Bonchev–Trinajstić information content (AvgIpc) is 3.60. The van der Waals surface area contributed by atoms with Gasteiger partial charge in [0, 0.05) is 43.7 Å². The first-order chi connectivity index (χ1) is 17.0. The highest BCUT2D eigenvalue weighted by atomic mass is 16.3. The Balaban J connectivity index is 1.17. The topological polar surface area (TPSA) is 64.2 Å². The number of likely N-dealkylation sites (tertiary alicyclic amines) is 2. The molecule has 6 heteroatoms. The third kappa shape index (κ3) is 3.52. The van der Waals surface area contributed by atoms with Crippen molar-refractivity contribution in [3.05, 3.63) is 65.5 Å². The molecule has 2 aromatic heterocycles. The Morgan fingerprint density at radius 3 is 2.71 bits per heavy atom. The molecule has 7 rings (SSSR count). The monoisotopic (exact) mass is 472 g/mol. The maximum Gasteiger partial charge on any atom is 0.115 e. The fourth-order valence-corrected chi connectivity index (χ4v) is 7.52. The smallest absolute Gasteiger partial charge is 0.115 e. The molecule has 0 unspecified atom stereocenters. The average molecular weight is 473 g/mol. The summed E-state index contributed by atoms with van der Waals surface area (Å²) >= 11 is 0. The lowest BCUT2D eigenvalue weighted by atomic mass is 9.52. The number of aromatic nitrogens is 2. The molecule has 2 N–H and O–H groups in total. The summed E-state index contributed by atoms with van der Waals surface area (Å²) in [5.41, 5.74) is 3.78. The van der Waals surface area contributed by atoms with Crippen LogP contribution in [0.1, 0.15) is 48.9 Å². The molecule has 0 amide bonds. The molecule has 3 atom stereocenters. The van der Waals surface area contributed by atoms with Crippen LogP contribution in [0, 0.1) is 5.92 Å². The molecule has 3 aromatic rings. The van der Waals surface area contributed by atoms with Gasteiger partial charge in [-0.1, -0.05) is 12.1 Å². The molecule has 35 heavy (non-hydrogen) atoms. The van der Waals surface area contributed by atoms with Crippen LogP contribution < -0.4 is 0 Å². The predicted octanol–water partition coefficient (Wildman–Crippen LogP) is 3.39. The number of aromatic hydroxyl groups is 1. The molecule has 184 valence electrons. The molecule has 1 aromatic carbocycles. The van der Waals surface area contributed by atoms with Crippen LogP contribution in [0.15, 0.2) is 48.7 Å². The van der Waals surface area contributed by atoms with Gasteiger partial charge < -0.3 is 15.1 Å². The van der Waals surface area contributed by atoms with Crippen LogP contribution in [0.25, 0.3) is 5.52 Å². The second-order valence-corrected chi connectivity index (χ2v) is 11.6. The van der Waals surface area contributed by atoms with E-state index in [4.69, 9.17) is 5.10 Å². The Bertz CT molecular complexity index is 1220. The third-order valence-corrected chi connectivity index (χ3v) is 9.63. The van der Waals surface area contributed by atoms with Gasteiger partial charge >= 0.3 is 0 Å². The SMILES string of the molecule is Oc1ccc2c(c1)[C@@]13CCN(CCc4cc5ccccn5n4)CC[C@@]1(O)[C@@H](C2)N(CC1CC1)CC3. The molecule has 2 aliphatic heterocycles. The Morgan fingerprint density at radius 2 is 1.86 bits per heavy atom. The van der Waals surface area contributed by atoms with Crippen LogP contribution in [0.2, 0.25) is 0 Å². The zero-order valence-corrected chi connectivity index (χ0v) is 20.4. The van der Waals surface area contributed by atoms with Crippen molar-refractivity contribution in [1.82, 2.24) is 19.4 Å². The van der Waals surface area contributed by atoms with Crippen molar-refractivity contribution in [2.45, 2.75) is 62.0 Å². The molecule has 4 aliphatic rings. The van der Waals surface area contributed by atoms with Gasteiger partial charge in [-0.2, -0.15) is 5.10 Å². The summed E-state index contributed by atoms with van der Waals surface area (Å²) in [4.78, 5) is 5.16. The number of piperidine rings is 1. The van der Waals surface area contributed by atoms with Crippen LogP contribution in [-0.2, 0) is 18.3 Å². The van der Waals surface area contributed by atoms with Gasteiger partial charge in [0.1, 0.15) is 5.75 Å². The Labute approximate surface area is 207 Å². The van der Waals surface area contributed by atoms with Crippen molar-refractivity contribution >= 4 is 5.52 Å². The molecule has 2 aliphatic carbocycles. The molecule has 2 saturated heterocycles. The van der Waals surface area contributed by atoms with E-state index in [1.807, 2.05) is 28.9 Å². The van der Waals surface area contributed by atoms with E-state index in [0.29, 0.717) is 5.75 Å². The third-order valence-electron chi connectivity index (χ3n) is 9.63. The minimum atomic E-state index is -0.751. The number of phenolic OH excluding ortho intramolecular Hbond substituents is 1. The van der Waals surface area contributed by atoms with Crippen molar-refractivity contribution in [1.29, 1.82) is 0 Å². The van der Waals surface area contributed by atoms with Crippen molar-refractivity contribution in [3.8, 4) is 5.75 Å². The van der Waals surface area contributed by atoms with Crippen LogP contribution in [0.5, 0.6) is 5.75 Å². The lowest BCUT2D eigenvalue weighted by molar-refractivity contribution is -0.149. The summed E-state index contributed by atoms with van der Waals surface area (Å²) in [5, 5.41) is 27.8. The Hall–Kier alpha value is -2.41. The molecular weight excluding hydrogens is 436 g/mol. The number of fused-ring (bicyclic) bond motifs is 2. The zero-order valence-electron chi connectivity index (χ0n) is 20.4. The van der Waals surface area contributed by atoms with E-state index in [1.165, 1.54) is 24.0 Å². The maximum absolute atomic E-state index is 12.6. The Morgan fingerprint density at radius 1 is 1.00 bits per heavy atom. The minimum absolute atomic E-state index is 0.173. The molecule has 4 heterocycles. The van der Waals surface area contributed by atoms with E-state index >= 15 is 0 Å². The van der Waals surface area contributed by atoms with E-state index in [-0.39, 0.29) is 11.5 Å². The first-order valence-electron chi connectivity index (χ1n) is 13.5. The predicted molar refractivity (Wildman–Crippen MR) is 136 cm³/mol. The fourth-order valence-electron chi connectivity index (χ4n) is 7.52. The summed E-state index contributed by atoms with van der Waals surface area (Å²) in [6.07, 6.45) is 9.21.